The fraction of sp³-hybridized carbons (Fsp3) is 0.625. The van der Waals surface area contributed by atoms with E-state index in [4.69, 9.17) is 0 Å². The molecule has 0 radical (unpaired) electrons. The van der Waals surface area contributed by atoms with Crippen molar-refractivity contribution in [2.24, 2.45) is 0 Å². The Hall–Kier alpha value is -1.99. The summed E-state index contributed by atoms with van der Waals surface area (Å²) in [6, 6.07) is -0.433. The van der Waals surface area contributed by atoms with E-state index in [1.807, 2.05) is 0 Å². The SMILES string of the molecule is CC1C(=O)NCCN1C(=O)Cn1cnnn1. The van der Waals surface area contributed by atoms with Gasteiger partial charge in [-0.1, -0.05) is 0 Å². The zero-order valence-electron chi connectivity index (χ0n) is 8.83. The van der Waals surface area contributed by atoms with Crippen molar-refractivity contribution in [1.82, 2.24) is 30.4 Å². The van der Waals surface area contributed by atoms with Gasteiger partial charge in [-0.25, -0.2) is 4.68 Å². The maximum atomic E-state index is 11.9. The summed E-state index contributed by atoms with van der Waals surface area (Å²) < 4.78 is 1.33. The minimum Gasteiger partial charge on any atom is -0.353 e. The number of nitrogens with zero attached hydrogens (tertiary/aromatic N) is 5. The summed E-state index contributed by atoms with van der Waals surface area (Å²) in [5, 5.41) is 13.2. The van der Waals surface area contributed by atoms with Crippen LogP contribution in [0.1, 0.15) is 6.92 Å². The van der Waals surface area contributed by atoms with E-state index in [1.165, 1.54) is 15.9 Å². The van der Waals surface area contributed by atoms with Gasteiger partial charge in [0.05, 0.1) is 0 Å². The number of nitrogens with one attached hydrogen (secondary N) is 1. The second kappa shape index (κ2) is 4.25. The monoisotopic (exact) mass is 224 g/mol. The normalized spacial score (nSPS) is 20.7. The van der Waals surface area contributed by atoms with E-state index in [0.717, 1.165) is 0 Å². The Bertz CT molecular complexity index is 389. The fourth-order valence-electron chi connectivity index (χ4n) is 1.61. The molecule has 2 rings (SSSR count). The van der Waals surface area contributed by atoms with E-state index >= 15 is 0 Å². The molecule has 0 spiro atoms. The summed E-state index contributed by atoms with van der Waals surface area (Å²) in [6.45, 7) is 2.77. The quantitative estimate of drug-likeness (QED) is 0.628. The Morgan fingerprint density at radius 3 is 3.19 bits per heavy atom. The molecule has 1 fully saturated rings. The smallest absolute Gasteiger partial charge is 0.245 e. The molecule has 2 amide bonds. The molecule has 16 heavy (non-hydrogen) atoms. The zero-order valence-corrected chi connectivity index (χ0v) is 8.83. The van der Waals surface area contributed by atoms with E-state index in [-0.39, 0.29) is 18.4 Å². The Labute approximate surface area is 91.6 Å². The number of carbonyl (C=O) groups excluding carboxylic acids is 2. The van der Waals surface area contributed by atoms with Crippen LogP contribution in [0.15, 0.2) is 6.33 Å². The van der Waals surface area contributed by atoms with Crippen LogP contribution in [-0.4, -0.2) is 56.1 Å². The largest absolute Gasteiger partial charge is 0.353 e. The lowest BCUT2D eigenvalue weighted by molar-refractivity contribution is -0.143. The Balaban J connectivity index is 2.01. The number of hydrogen-bond acceptors (Lipinski definition) is 5. The van der Waals surface area contributed by atoms with Gasteiger partial charge in [0.2, 0.25) is 11.8 Å². The fourth-order valence-corrected chi connectivity index (χ4v) is 1.61. The molecule has 8 nitrogen and oxygen atoms in total. The van der Waals surface area contributed by atoms with E-state index in [2.05, 4.69) is 20.8 Å². The highest BCUT2D eigenvalue weighted by Gasteiger charge is 2.29. The molecule has 1 aromatic heterocycles. The molecular weight excluding hydrogens is 212 g/mol. The van der Waals surface area contributed by atoms with Crippen LogP contribution in [-0.2, 0) is 16.1 Å². The van der Waals surface area contributed by atoms with Gasteiger partial charge in [-0.15, -0.1) is 5.10 Å². The van der Waals surface area contributed by atoms with Crippen LogP contribution in [0.25, 0.3) is 0 Å². The summed E-state index contributed by atoms with van der Waals surface area (Å²) in [7, 11) is 0. The third kappa shape index (κ3) is 2.00. The Morgan fingerprint density at radius 1 is 1.69 bits per heavy atom. The highest BCUT2D eigenvalue weighted by atomic mass is 16.2. The number of carbonyl (C=O) groups is 2. The molecule has 1 aliphatic rings. The molecule has 0 aromatic carbocycles. The van der Waals surface area contributed by atoms with Gasteiger partial charge in [-0.2, -0.15) is 0 Å². The van der Waals surface area contributed by atoms with Crippen LogP contribution in [0.5, 0.6) is 0 Å². The first kappa shape index (κ1) is 10.5. The van der Waals surface area contributed by atoms with Crippen molar-refractivity contribution in [3.8, 4) is 0 Å². The molecule has 0 saturated carbocycles. The lowest BCUT2D eigenvalue weighted by atomic mass is 10.2. The Morgan fingerprint density at radius 2 is 2.50 bits per heavy atom. The summed E-state index contributed by atoms with van der Waals surface area (Å²) in [5.74, 6) is -0.286. The summed E-state index contributed by atoms with van der Waals surface area (Å²) in [5.41, 5.74) is 0. The maximum absolute atomic E-state index is 11.9. The zero-order chi connectivity index (χ0) is 11.5. The minimum absolute atomic E-state index is 0.0601. The predicted molar refractivity (Wildman–Crippen MR) is 52.0 cm³/mol. The number of aromatic nitrogens is 4. The molecule has 8 heteroatoms. The first-order valence-corrected chi connectivity index (χ1v) is 4.96. The third-order valence-corrected chi connectivity index (χ3v) is 2.51. The Kier molecular flexibility index (Phi) is 2.80. The average molecular weight is 224 g/mol. The lowest BCUT2D eigenvalue weighted by Gasteiger charge is -2.32. The summed E-state index contributed by atoms with van der Waals surface area (Å²) in [4.78, 5) is 24.7. The van der Waals surface area contributed by atoms with Gasteiger partial charge in [0.25, 0.3) is 0 Å². The molecule has 1 aromatic rings. The van der Waals surface area contributed by atoms with Crippen molar-refractivity contribution < 1.29 is 9.59 Å². The average Bonchev–Trinajstić information content (AvgIpc) is 2.74. The summed E-state index contributed by atoms with van der Waals surface area (Å²) >= 11 is 0. The molecule has 2 heterocycles. The topological polar surface area (TPSA) is 93.0 Å². The molecular formula is C8H12N6O2. The van der Waals surface area contributed by atoms with Gasteiger partial charge >= 0.3 is 0 Å². The van der Waals surface area contributed by atoms with Gasteiger partial charge in [0.15, 0.2) is 0 Å². The van der Waals surface area contributed by atoms with Crippen LogP contribution < -0.4 is 5.32 Å². The van der Waals surface area contributed by atoms with Gasteiger partial charge in [-0.05, 0) is 17.4 Å². The number of rotatable bonds is 2. The number of amides is 2. The summed E-state index contributed by atoms with van der Waals surface area (Å²) in [6.07, 6.45) is 1.37. The number of tetrazole rings is 1. The van der Waals surface area contributed by atoms with Crippen LogP contribution >= 0.6 is 0 Å². The second-order valence-electron chi connectivity index (χ2n) is 3.56. The highest BCUT2D eigenvalue weighted by Crippen LogP contribution is 2.04. The maximum Gasteiger partial charge on any atom is 0.245 e. The third-order valence-electron chi connectivity index (χ3n) is 2.51. The van der Waals surface area contributed by atoms with Gasteiger partial charge in [-0.3, -0.25) is 9.59 Å². The lowest BCUT2D eigenvalue weighted by Crippen LogP contribution is -2.56. The number of hydrogen-bond donors (Lipinski definition) is 1. The molecule has 0 aliphatic carbocycles. The molecule has 1 N–H and O–H groups in total. The molecule has 86 valence electrons. The molecule has 1 atom stereocenters. The van der Waals surface area contributed by atoms with Gasteiger partial charge < -0.3 is 10.2 Å². The first-order chi connectivity index (χ1) is 7.68. The van der Waals surface area contributed by atoms with E-state index in [9.17, 15) is 9.59 Å². The van der Waals surface area contributed by atoms with Crippen LogP contribution in [0.2, 0.25) is 0 Å². The van der Waals surface area contributed by atoms with Crippen LogP contribution in [0.3, 0.4) is 0 Å². The van der Waals surface area contributed by atoms with Crippen molar-refractivity contribution in [3.05, 3.63) is 6.33 Å². The van der Waals surface area contributed by atoms with Crippen LogP contribution in [0, 0.1) is 0 Å². The van der Waals surface area contributed by atoms with Crippen molar-refractivity contribution in [1.29, 1.82) is 0 Å². The predicted octanol–water partition coefficient (Wildman–Crippen LogP) is -1.98. The molecule has 1 saturated heterocycles. The standard InChI is InChI=1S/C8H12N6O2/c1-6-8(16)9-2-3-14(6)7(15)4-13-5-10-11-12-13/h5-6H,2-4H2,1H3,(H,9,16). The van der Waals surface area contributed by atoms with Gasteiger partial charge in [0, 0.05) is 13.1 Å². The minimum atomic E-state index is -0.433. The van der Waals surface area contributed by atoms with E-state index in [1.54, 1.807) is 6.92 Å². The van der Waals surface area contributed by atoms with Gasteiger partial charge in [0.1, 0.15) is 18.9 Å². The van der Waals surface area contributed by atoms with Crippen molar-refractivity contribution >= 4 is 11.8 Å². The first-order valence-electron chi connectivity index (χ1n) is 4.96. The van der Waals surface area contributed by atoms with Crippen LogP contribution in [0.4, 0.5) is 0 Å². The van der Waals surface area contributed by atoms with Crippen molar-refractivity contribution in [3.63, 3.8) is 0 Å². The second-order valence-corrected chi connectivity index (χ2v) is 3.56. The van der Waals surface area contributed by atoms with E-state index in [0.29, 0.717) is 13.1 Å². The molecule has 0 bridgehead atoms. The van der Waals surface area contributed by atoms with Crippen molar-refractivity contribution in [2.45, 2.75) is 19.5 Å². The molecule has 1 aliphatic heterocycles. The van der Waals surface area contributed by atoms with E-state index < -0.39 is 6.04 Å². The molecule has 1 unspecified atom stereocenters. The van der Waals surface area contributed by atoms with Crippen molar-refractivity contribution in [2.75, 3.05) is 13.1 Å². The highest BCUT2D eigenvalue weighted by molar-refractivity contribution is 5.88. The number of piperazine rings is 1.